The molecule has 7 heteroatoms. The van der Waals surface area contributed by atoms with Crippen LogP contribution in [0.2, 0.25) is 5.02 Å². The Labute approximate surface area is 101 Å². The Morgan fingerprint density at radius 3 is 2.82 bits per heavy atom. The van der Waals surface area contributed by atoms with E-state index in [0.717, 1.165) is 0 Å². The van der Waals surface area contributed by atoms with Crippen molar-refractivity contribution in [3.63, 3.8) is 0 Å². The number of aryl methyl sites for hydroxylation is 1. The molecule has 2 rings (SSSR count). The smallest absolute Gasteiger partial charge is 0.350 e. The van der Waals surface area contributed by atoms with E-state index in [-0.39, 0.29) is 10.7 Å². The average molecular weight is 258 g/mol. The first-order valence-corrected chi connectivity index (χ1v) is 5.32. The van der Waals surface area contributed by atoms with Crippen LogP contribution in [-0.2, 0) is 13.6 Å². The van der Waals surface area contributed by atoms with E-state index >= 15 is 0 Å². The highest BCUT2D eigenvalue weighted by atomic mass is 35.5. The van der Waals surface area contributed by atoms with Crippen molar-refractivity contribution < 1.29 is 10.1 Å². The molecular formula is C10H11ClFN4O+. The number of benzene rings is 1. The Bertz CT molecular complexity index is 619. The van der Waals surface area contributed by atoms with Crippen LogP contribution in [0.25, 0.3) is 5.69 Å². The summed E-state index contributed by atoms with van der Waals surface area (Å²) in [6, 6.07) is 4.16. The summed E-state index contributed by atoms with van der Waals surface area (Å²) in [5, 5.41) is 4.02. The molecule has 0 saturated carbocycles. The van der Waals surface area contributed by atoms with Crippen LogP contribution in [0.4, 0.5) is 4.39 Å². The summed E-state index contributed by atoms with van der Waals surface area (Å²) in [7, 11) is 1.53. The zero-order valence-electron chi connectivity index (χ0n) is 9.15. The fourth-order valence-electron chi connectivity index (χ4n) is 1.56. The summed E-state index contributed by atoms with van der Waals surface area (Å²) in [5.74, 6) is -0.103. The summed E-state index contributed by atoms with van der Waals surface area (Å²) >= 11 is 5.59. The lowest BCUT2D eigenvalue weighted by atomic mass is 10.3. The summed E-state index contributed by atoms with van der Waals surface area (Å²) in [4.78, 5) is 11.8. The van der Waals surface area contributed by atoms with Crippen molar-refractivity contribution in [2.45, 2.75) is 6.54 Å². The largest absolute Gasteiger partial charge is 0.351 e. The van der Waals surface area contributed by atoms with Crippen LogP contribution in [-0.4, -0.2) is 14.3 Å². The summed E-state index contributed by atoms with van der Waals surface area (Å²) < 4.78 is 15.8. The topological polar surface area (TPSA) is 67.5 Å². The molecule has 0 saturated heterocycles. The van der Waals surface area contributed by atoms with Crippen LogP contribution >= 0.6 is 11.6 Å². The van der Waals surface area contributed by atoms with E-state index in [4.69, 9.17) is 11.6 Å². The van der Waals surface area contributed by atoms with Gasteiger partial charge in [0.1, 0.15) is 12.4 Å². The van der Waals surface area contributed by atoms with Gasteiger partial charge in [-0.05, 0) is 18.2 Å². The van der Waals surface area contributed by atoms with Crippen LogP contribution in [0, 0.1) is 5.82 Å². The maximum Gasteiger partial charge on any atom is 0.350 e. The first kappa shape index (κ1) is 11.8. The quantitative estimate of drug-likeness (QED) is 0.830. The molecule has 2 aromatic rings. The molecule has 90 valence electrons. The van der Waals surface area contributed by atoms with Crippen LogP contribution in [0.15, 0.2) is 23.0 Å². The van der Waals surface area contributed by atoms with Crippen molar-refractivity contribution in [2.24, 2.45) is 7.05 Å². The van der Waals surface area contributed by atoms with Gasteiger partial charge in [0.2, 0.25) is 0 Å². The van der Waals surface area contributed by atoms with E-state index in [1.165, 1.54) is 28.4 Å². The van der Waals surface area contributed by atoms with Gasteiger partial charge in [0.05, 0.1) is 10.7 Å². The number of hydrogen-bond acceptors (Lipinski definition) is 2. The van der Waals surface area contributed by atoms with E-state index in [1.54, 1.807) is 6.07 Å². The molecule has 0 fully saturated rings. The van der Waals surface area contributed by atoms with Gasteiger partial charge in [-0.2, -0.15) is 0 Å². The Morgan fingerprint density at radius 1 is 1.53 bits per heavy atom. The SMILES string of the molecule is Cn1nc(C[NH3+])n(-c2ccc(Cl)c(F)c2)c1=O. The molecule has 17 heavy (non-hydrogen) atoms. The van der Waals surface area contributed by atoms with Gasteiger partial charge in [0, 0.05) is 7.05 Å². The first-order chi connectivity index (χ1) is 8.04. The zero-order chi connectivity index (χ0) is 12.6. The maximum atomic E-state index is 13.3. The predicted octanol–water partition coefficient (Wildman–Crippen LogP) is 0.105. The van der Waals surface area contributed by atoms with E-state index in [2.05, 4.69) is 10.8 Å². The third kappa shape index (κ3) is 1.96. The molecule has 0 bridgehead atoms. The highest BCUT2D eigenvalue weighted by Gasteiger charge is 2.14. The Morgan fingerprint density at radius 2 is 2.24 bits per heavy atom. The minimum atomic E-state index is -0.574. The number of rotatable bonds is 2. The summed E-state index contributed by atoms with van der Waals surface area (Å²) in [6.45, 7) is 0.334. The monoisotopic (exact) mass is 257 g/mol. The number of aromatic nitrogens is 3. The van der Waals surface area contributed by atoms with Crippen molar-refractivity contribution in [3.05, 3.63) is 45.3 Å². The van der Waals surface area contributed by atoms with Gasteiger partial charge >= 0.3 is 5.69 Å². The third-order valence-electron chi connectivity index (χ3n) is 2.38. The minimum absolute atomic E-state index is 0.0156. The number of quaternary nitrogens is 1. The zero-order valence-corrected chi connectivity index (χ0v) is 9.91. The number of hydrogen-bond donors (Lipinski definition) is 1. The van der Waals surface area contributed by atoms with Crippen molar-refractivity contribution in [1.82, 2.24) is 14.3 Å². The van der Waals surface area contributed by atoms with E-state index in [1.807, 2.05) is 0 Å². The average Bonchev–Trinajstić information content (AvgIpc) is 2.59. The second-order valence-corrected chi connectivity index (χ2v) is 3.91. The molecule has 0 aliphatic rings. The van der Waals surface area contributed by atoms with Crippen LogP contribution in [0.5, 0.6) is 0 Å². The molecule has 0 radical (unpaired) electrons. The standard InChI is InChI=1S/C10H10ClFN4O/c1-15-10(17)16(9(5-13)14-15)6-2-3-7(11)8(12)4-6/h2-4H,5,13H2,1H3/p+1. The Balaban J connectivity index is 2.67. The number of nitrogens with zero attached hydrogens (tertiary/aromatic N) is 3. The molecule has 1 aromatic heterocycles. The number of halogens is 2. The van der Waals surface area contributed by atoms with E-state index < -0.39 is 5.82 Å². The van der Waals surface area contributed by atoms with Gasteiger partial charge in [0.15, 0.2) is 5.82 Å². The van der Waals surface area contributed by atoms with E-state index in [0.29, 0.717) is 18.1 Å². The van der Waals surface area contributed by atoms with Gasteiger partial charge < -0.3 is 5.73 Å². The second kappa shape index (κ2) is 4.31. The lowest BCUT2D eigenvalue weighted by Crippen LogP contribution is -2.48. The van der Waals surface area contributed by atoms with Crippen molar-refractivity contribution >= 4 is 11.6 Å². The highest BCUT2D eigenvalue weighted by molar-refractivity contribution is 6.30. The minimum Gasteiger partial charge on any atom is -0.351 e. The Kier molecular flexibility index (Phi) is 2.99. The van der Waals surface area contributed by atoms with Crippen LogP contribution in [0.3, 0.4) is 0 Å². The fraction of sp³-hybridized carbons (Fsp3) is 0.200. The van der Waals surface area contributed by atoms with Gasteiger partial charge in [-0.3, -0.25) is 0 Å². The third-order valence-corrected chi connectivity index (χ3v) is 2.68. The molecule has 0 unspecified atom stereocenters. The second-order valence-electron chi connectivity index (χ2n) is 3.51. The normalized spacial score (nSPS) is 10.8. The molecule has 0 aliphatic heterocycles. The maximum absolute atomic E-state index is 13.3. The molecule has 0 atom stereocenters. The Hall–Kier alpha value is -1.66. The summed E-state index contributed by atoms with van der Waals surface area (Å²) in [5.41, 5.74) is 3.73. The molecular weight excluding hydrogens is 247 g/mol. The highest BCUT2D eigenvalue weighted by Crippen LogP contribution is 2.17. The lowest BCUT2D eigenvalue weighted by molar-refractivity contribution is -0.388. The fourth-order valence-corrected chi connectivity index (χ4v) is 1.68. The van der Waals surface area contributed by atoms with Crippen molar-refractivity contribution in [2.75, 3.05) is 0 Å². The van der Waals surface area contributed by atoms with Crippen molar-refractivity contribution in [3.8, 4) is 5.69 Å². The van der Waals surface area contributed by atoms with Crippen molar-refractivity contribution in [1.29, 1.82) is 0 Å². The molecule has 1 heterocycles. The van der Waals surface area contributed by atoms with E-state index in [9.17, 15) is 9.18 Å². The molecule has 0 spiro atoms. The van der Waals surface area contributed by atoms with Gasteiger partial charge in [-0.1, -0.05) is 11.6 Å². The van der Waals surface area contributed by atoms with Gasteiger partial charge in [0.25, 0.3) is 0 Å². The molecule has 0 amide bonds. The molecule has 1 aromatic carbocycles. The summed E-state index contributed by atoms with van der Waals surface area (Å²) in [6.07, 6.45) is 0. The van der Waals surface area contributed by atoms with Gasteiger partial charge in [-0.25, -0.2) is 18.4 Å². The van der Waals surface area contributed by atoms with Crippen LogP contribution in [0.1, 0.15) is 5.82 Å². The first-order valence-electron chi connectivity index (χ1n) is 4.94. The molecule has 0 aliphatic carbocycles. The molecule has 5 nitrogen and oxygen atoms in total. The lowest BCUT2D eigenvalue weighted by Gasteiger charge is -2.03. The predicted molar refractivity (Wildman–Crippen MR) is 60.4 cm³/mol. The molecule has 3 N–H and O–H groups in total. The van der Waals surface area contributed by atoms with Gasteiger partial charge in [-0.15, -0.1) is 5.10 Å². The van der Waals surface area contributed by atoms with Crippen LogP contribution < -0.4 is 11.4 Å².